The van der Waals surface area contributed by atoms with Crippen LogP contribution in [0.3, 0.4) is 0 Å². The van der Waals surface area contributed by atoms with Crippen LogP contribution in [0, 0.1) is 62.6 Å². The van der Waals surface area contributed by atoms with E-state index in [-0.39, 0.29) is 64.4 Å². The van der Waals surface area contributed by atoms with E-state index in [2.05, 4.69) is 78.7 Å². The Morgan fingerprint density at radius 2 is 1.85 bits per heavy atom. The number of allylic oxidation sites excluding steroid dienone is 1. The number of carboxylic acids is 1. The van der Waals surface area contributed by atoms with Crippen molar-refractivity contribution < 1.29 is 28.6 Å². The van der Waals surface area contributed by atoms with E-state index in [0.29, 0.717) is 38.6 Å². The summed E-state index contributed by atoms with van der Waals surface area (Å²) in [6, 6.07) is -0.266. The number of hydrogen-bond donors (Lipinski definition) is 3. The average molecular weight is 728 g/mol. The number of carbonyl (C=O) groups excluding carboxylic acids is 1. The lowest BCUT2D eigenvalue weighted by atomic mass is 9.34. The molecule has 0 spiro atoms. The Morgan fingerprint density at radius 1 is 1.13 bits per heavy atom. The van der Waals surface area contributed by atoms with Crippen LogP contribution in [-0.2, 0) is 14.3 Å². The standard InChI is InChI=1S/C41H66FN5O5/c1-24(2)26(5)36(6)15-16-38(8)27-11-12-30-37(7)20-51-22-41(30,28(27)13-14-39(38,9)31(36)35(49)50)19-29(32(37)52-21-40(10,43)25(3)4)47-23-45-33(46-47)34(48)44-18-17-42/h13,23-27,29-32H,11-12,14-22,43H2,1-10H3,(H,44,48)(H,49,50)/t26-,27+,29-,30+,31-,32+,36-,37+,38-,39+,40+,41?/m1/s1. The molecular weight excluding hydrogens is 661 g/mol. The SMILES string of the molecule is CC(C)[C@@H](C)[C@@]1(C)CC[C@]2(C)[C@H]3CC[C@@H]4C5(COC[C@]4(C)[C@@H](OC[C@](C)(N)C(C)C)[C@H](n4cnc(C(=O)NCCF)n4)C5)C3=CC[C@@]2(C)[C@@H]1C(=O)O. The van der Waals surface area contributed by atoms with E-state index >= 15 is 0 Å². The van der Waals surface area contributed by atoms with Crippen molar-refractivity contribution in [3.63, 3.8) is 0 Å². The molecule has 4 N–H and O–H groups in total. The molecule has 0 aromatic carbocycles. The summed E-state index contributed by atoms with van der Waals surface area (Å²) >= 11 is 0. The Morgan fingerprint density at radius 3 is 2.48 bits per heavy atom. The third-order valence-electron chi connectivity index (χ3n) is 16.4. The number of aliphatic carboxylic acids is 1. The number of halogens is 1. The van der Waals surface area contributed by atoms with Crippen molar-refractivity contribution in [2.75, 3.05) is 33.0 Å². The topological polar surface area (TPSA) is 142 Å². The summed E-state index contributed by atoms with van der Waals surface area (Å²) < 4.78 is 28.4. The molecule has 3 saturated carbocycles. The number of nitrogens with one attached hydrogen (secondary N) is 1. The number of carbonyl (C=O) groups is 2. The Labute approximate surface area is 310 Å². The highest BCUT2D eigenvalue weighted by atomic mass is 19.1. The molecule has 2 bridgehead atoms. The van der Waals surface area contributed by atoms with Gasteiger partial charge in [-0.3, -0.25) is 9.59 Å². The number of rotatable bonds is 11. The first-order valence-electron chi connectivity index (χ1n) is 19.9. The van der Waals surface area contributed by atoms with Crippen LogP contribution < -0.4 is 11.1 Å². The average Bonchev–Trinajstić information content (AvgIpc) is 3.57. The maximum atomic E-state index is 13.5. The predicted octanol–water partition coefficient (Wildman–Crippen LogP) is 6.87. The van der Waals surface area contributed by atoms with Gasteiger partial charge in [0.15, 0.2) is 0 Å². The van der Waals surface area contributed by atoms with Gasteiger partial charge in [0.25, 0.3) is 5.91 Å². The van der Waals surface area contributed by atoms with E-state index < -0.39 is 40.8 Å². The third-order valence-corrected chi connectivity index (χ3v) is 16.4. The van der Waals surface area contributed by atoms with E-state index in [1.54, 1.807) is 11.0 Å². The summed E-state index contributed by atoms with van der Waals surface area (Å²) in [5, 5.41) is 18.3. The van der Waals surface area contributed by atoms with Gasteiger partial charge in [0.2, 0.25) is 5.82 Å². The van der Waals surface area contributed by atoms with Crippen LogP contribution in [-0.4, -0.2) is 76.4 Å². The molecule has 52 heavy (non-hydrogen) atoms. The molecule has 1 unspecified atom stereocenters. The van der Waals surface area contributed by atoms with Crippen molar-refractivity contribution in [3.05, 3.63) is 23.8 Å². The zero-order valence-electron chi connectivity index (χ0n) is 33.4. The van der Waals surface area contributed by atoms with E-state index in [9.17, 15) is 19.1 Å². The summed E-state index contributed by atoms with van der Waals surface area (Å²) in [7, 11) is 0. The number of hydrogen-bond acceptors (Lipinski definition) is 7. The molecule has 1 aromatic rings. The first-order chi connectivity index (χ1) is 24.2. The van der Waals surface area contributed by atoms with Gasteiger partial charge in [-0.15, -0.1) is 5.10 Å². The van der Waals surface area contributed by atoms with Crippen molar-refractivity contribution in [2.45, 2.75) is 125 Å². The normalized spacial score (nSPS) is 41.7. The first kappa shape index (κ1) is 39.3. The van der Waals surface area contributed by atoms with E-state index in [0.717, 1.165) is 25.7 Å². The molecule has 292 valence electrons. The van der Waals surface area contributed by atoms with Crippen LogP contribution in [0.5, 0.6) is 0 Å². The van der Waals surface area contributed by atoms with Crippen LogP contribution in [0.2, 0.25) is 0 Å². The molecule has 4 fully saturated rings. The molecule has 1 amide bonds. The van der Waals surface area contributed by atoms with Crippen molar-refractivity contribution in [2.24, 2.45) is 68.3 Å². The van der Waals surface area contributed by atoms with Crippen LogP contribution in [0.1, 0.15) is 124 Å². The number of alkyl halides is 1. The zero-order chi connectivity index (χ0) is 38.2. The van der Waals surface area contributed by atoms with E-state index in [4.69, 9.17) is 20.3 Å². The highest BCUT2D eigenvalue weighted by Crippen LogP contribution is 2.75. The van der Waals surface area contributed by atoms with Crippen molar-refractivity contribution in [1.29, 1.82) is 0 Å². The number of ether oxygens (including phenoxy) is 2. The highest BCUT2D eigenvalue weighted by molar-refractivity contribution is 5.90. The van der Waals surface area contributed by atoms with Crippen LogP contribution >= 0.6 is 0 Å². The van der Waals surface area contributed by atoms with Gasteiger partial charge >= 0.3 is 5.97 Å². The largest absolute Gasteiger partial charge is 0.481 e. The number of nitrogens with zero attached hydrogens (tertiary/aromatic N) is 3. The Balaban J connectivity index is 1.44. The van der Waals surface area contributed by atoms with Gasteiger partial charge in [-0.25, -0.2) is 14.1 Å². The summed E-state index contributed by atoms with van der Waals surface area (Å²) in [5.74, 6) is -0.277. The van der Waals surface area contributed by atoms with Gasteiger partial charge in [-0.05, 0) is 91.3 Å². The van der Waals surface area contributed by atoms with Crippen LogP contribution in [0.25, 0.3) is 0 Å². The molecule has 5 aliphatic rings. The summed E-state index contributed by atoms with van der Waals surface area (Å²) in [4.78, 5) is 30.7. The fourth-order valence-corrected chi connectivity index (χ4v) is 12.4. The molecule has 0 radical (unpaired) electrons. The van der Waals surface area contributed by atoms with Gasteiger partial charge in [-0.1, -0.05) is 74.0 Å². The molecule has 1 aromatic heterocycles. The lowest BCUT2D eigenvalue weighted by Crippen LogP contribution is -2.69. The molecule has 6 rings (SSSR count). The fourth-order valence-electron chi connectivity index (χ4n) is 12.4. The molecule has 4 aliphatic carbocycles. The zero-order valence-corrected chi connectivity index (χ0v) is 33.4. The highest BCUT2D eigenvalue weighted by Gasteiger charge is 2.72. The number of carboxylic acid groups (broad SMARTS) is 1. The Kier molecular flexibility index (Phi) is 10.2. The van der Waals surface area contributed by atoms with Crippen molar-refractivity contribution in [3.8, 4) is 0 Å². The van der Waals surface area contributed by atoms with Crippen LogP contribution in [0.15, 0.2) is 18.0 Å². The van der Waals surface area contributed by atoms with E-state index in [1.807, 2.05) is 6.92 Å². The van der Waals surface area contributed by atoms with Crippen molar-refractivity contribution >= 4 is 11.9 Å². The number of amides is 1. The molecular formula is C41H66FN5O5. The minimum atomic E-state index is -0.668. The van der Waals surface area contributed by atoms with Crippen molar-refractivity contribution in [1.82, 2.24) is 20.1 Å². The molecule has 1 saturated heterocycles. The summed E-state index contributed by atoms with van der Waals surface area (Å²) in [5.41, 5.74) is 6.01. The monoisotopic (exact) mass is 728 g/mol. The second-order valence-corrected chi connectivity index (χ2v) is 19.5. The molecule has 2 heterocycles. The number of fused-ring (bicyclic) bond motifs is 3. The second kappa shape index (κ2) is 13.4. The minimum Gasteiger partial charge on any atom is -0.481 e. The van der Waals surface area contributed by atoms with E-state index in [1.165, 1.54) is 5.57 Å². The quantitative estimate of drug-likeness (QED) is 0.210. The fraction of sp³-hybridized carbons (Fsp3) is 0.854. The summed E-state index contributed by atoms with van der Waals surface area (Å²) in [6.45, 7) is 22.9. The maximum absolute atomic E-state index is 13.5. The second-order valence-electron chi connectivity index (χ2n) is 19.5. The smallest absolute Gasteiger partial charge is 0.307 e. The number of aromatic nitrogens is 3. The van der Waals surface area contributed by atoms with Crippen LogP contribution in [0.4, 0.5) is 4.39 Å². The lowest BCUT2D eigenvalue weighted by Gasteiger charge is -2.71. The first-order valence-corrected chi connectivity index (χ1v) is 19.9. The lowest BCUT2D eigenvalue weighted by molar-refractivity contribution is -0.252. The number of nitrogens with two attached hydrogens (primary N) is 1. The predicted molar refractivity (Wildman–Crippen MR) is 198 cm³/mol. The summed E-state index contributed by atoms with van der Waals surface area (Å²) in [6.07, 6.45) is 9.03. The Hall–Kier alpha value is -2.37. The van der Waals surface area contributed by atoms with Gasteiger partial charge in [0.05, 0.1) is 37.9 Å². The maximum Gasteiger partial charge on any atom is 0.307 e. The van der Waals surface area contributed by atoms with Gasteiger partial charge in [0.1, 0.15) is 13.0 Å². The molecule has 10 nitrogen and oxygen atoms in total. The van der Waals surface area contributed by atoms with Gasteiger partial charge < -0.3 is 25.6 Å². The molecule has 11 heteroatoms. The van der Waals surface area contributed by atoms with Gasteiger partial charge in [-0.2, -0.15) is 0 Å². The van der Waals surface area contributed by atoms with Gasteiger partial charge in [0, 0.05) is 22.9 Å². The molecule has 12 atom stereocenters. The minimum absolute atomic E-state index is 0.00602. The third kappa shape index (κ3) is 5.71. The molecule has 1 aliphatic heterocycles. The Bertz CT molecular complexity index is 1560.